The number of nitrogens with two attached hydrogens (primary N) is 1. The Morgan fingerprint density at radius 3 is 2.68 bits per heavy atom. The Labute approximate surface area is 112 Å². The minimum absolute atomic E-state index is 0.594. The Morgan fingerprint density at radius 2 is 1.89 bits per heavy atom. The van der Waals surface area contributed by atoms with E-state index in [2.05, 4.69) is 58.9 Å². The van der Waals surface area contributed by atoms with Crippen LogP contribution >= 0.6 is 0 Å². The van der Waals surface area contributed by atoms with E-state index in [0.29, 0.717) is 5.95 Å². The average Bonchev–Trinajstić information content (AvgIpc) is 2.72. The third-order valence-corrected chi connectivity index (χ3v) is 3.40. The second kappa shape index (κ2) is 4.76. The highest BCUT2D eigenvalue weighted by Gasteiger charge is 2.07. The molecule has 3 rings (SSSR count). The molecule has 96 valence electrons. The van der Waals surface area contributed by atoms with Crippen LogP contribution in [0.3, 0.4) is 0 Å². The zero-order valence-corrected chi connectivity index (χ0v) is 11.0. The molecule has 2 aromatic carbocycles. The molecule has 19 heavy (non-hydrogen) atoms. The Hall–Kier alpha value is -2.29. The maximum Gasteiger partial charge on any atom is 0.201 e. The summed E-state index contributed by atoms with van der Waals surface area (Å²) in [5, 5.41) is 0. The van der Waals surface area contributed by atoms with Crippen LogP contribution in [0.25, 0.3) is 11.0 Å². The topological polar surface area (TPSA) is 43.8 Å². The highest BCUT2D eigenvalue weighted by molar-refractivity contribution is 5.79. The van der Waals surface area contributed by atoms with E-state index >= 15 is 0 Å². The molecule has 0 aliphatic heterocycles. The van der Waals surface area contributed by atoms with Crippen LogP contribution in [0, 0.1) is 6.92 Å². The second-order valence-electron chi connectivity index (χ2n) is 4.85. The van der Waals surface area contributed by atoms with Crippen LogP contribution in [0.5, 0.6) is 0 Å². The number of aryl methyl sites for hydroxylation is 3. The summed E-state index contributed by atoms with van der Waals surface area (Å²) < 4.78 is 2.09. The van der Waals surface area contributed by atoms with Crippen molar-refractivity contribution in [2.24, 2.45) is 0 Å². The SMILES string of the molecule is Cc1ccc2c(c1)nc(N)n2CCc1ccccc1. The Balaban J connectivity index is 1.90. The van der Waals surface area contributed by atoms with Crippen molar-refractivity contribution in [1.82, 2.24) is 9.55 Å². The molecule has 2 N–H and O–H groups in total. The van der Waals surface area contributed by atoms with Gasteiger partial charge in [0.15, 0.2) is 0 Å². The Morgan fingerprint density at radius 1 is 1.11 bits per heavy atom. The molecule has 1 aromatic heterocycles. The lowest BCUT2D eigenvalue weighted by molar-refractivity contribution is 0.726. The number of nitrogens with zero attached hydrogens (tertiary/aromatic N) is 2. The van der Waals surface area contributed by atoms with Gasteiger partial charge >= 0.3 is 0 Å². The largest absolute Gasteiger partial charge is 0.369 e. The van der Waals surface area contributed by atoms with E-state index in [1.165, 1.54) is 11.1 Å². The predicted molar refractivity (Wildman–Crippen MR) is 79.0 cm³/mol. The molecular formula is C16H17N3. The number of hydrogen-bond donors (Lipinski definition) is 1. The Bertz CT molecular complexity index is 699. The first-order valence-corrected chi connectivity index (χ1v) is 6.50. The molecule has 0 saturated carbocycles. The Kier molecular flexibility index (Phi) is 2.95. The van der Waals surface area contributed by atoms with Crippen molar-refractivity contribution in [1.29, 1.82) is 0 Å². The van der Waals surface area contributed by atoms with Gasteiger partial charge in [0, 0.05) is 6.54 Å². The fraction of sp³-hybridized carbons (Fsp3) is 0.188. The van der Waals surface area contributed by atoms with E-state index in [9.17, 15) is 0 Å². The van der Waals surface area contributed by atoms with Crippen LogP contribution in [-0.2, 0) is 13.0 Å². The van der Waals surface area contributed by atoms with E-state index < -0.39 is 0 Å². The van der Waals surface area contributed by atoms with E-state index in [1.807, 2.05) is 6.07 Å². The van der Waals surface area contributed by atoms with Crippen LogP contribution in [0.15, 0.2) is 48.5 Å². The van der Waals surface area contributed by atoms with Crippen LogP contribution in [0.1, 0.15) is 11.1 Å². The molecule has 0 aliphatic carbocycles. The number of aromatic nitrogens is 2. The highest BCUT2D eigenvalue weighted by atomic mass is 15.1. The molecule has 0 fully saturated rings. The van der Waals surface area contributed by atoms with Gasteiger partial charge in [-0.05, 0) is 36.6 Å². The lowest BCUT2D eigenvalue weighted by Gasteiger charge is -2.06. The molecule has 0 saturated heterocycles. The fourth-order valence-electron chi connectivity index (χ4n) is 2.38. The number of hydrogen-bond acceptors (Lipinski definition) is 2. The number of benzene rings is 2. The van der Waals surface area contributed by atoms with Gasteiger partial charge in [-0.15, -0.1) is 0 Å². The summed E-state index contributed by atoms with van der Waals surface area (Å²) >= 11 is 0. The molecule has 3 aromatic rings. The standard InChI is InChI=1S/C16H17N3/c1-12-7-8-15-14(11-12)18-16(17)19(15)10-9-13-5-3-2-4-6-13/h2-8,11H,9-10H2,1H3,(H2,17,18). The van der Waals surface area contributed by atoms with E-state index in [4.69, 9.17) is 5.73 Å². The molecular weight excluding hydrogens is 234 g/mol. The summed E-state index contributed by atoms with van der Waals surface area (Å²) in [4.78, 5) is 4.43. The van der Waals surface area contributed by atoms with Crippen LogP contribution < -0.4 is 5.73 Å². The maximum atomic E-state index is 6.02. The summed E-state index contributed by atoms with van der Waals surface area (Å²) in [6, 6.07) is 16.7. The number of anilines is 1. The van der Waals surface area contributed by atoms with Crippen molar-refractivity contribution in [3.63, 3.8) is 0 Å². The average molecular weight is 251 g/mol. The smallest absolute Gasteiger partial charge is 0.201 e. The van der Waals surface area contributed by atoms with E-state index in [1.54, 1.807) is 0 Å². The van der Waals surface area contributed by atoms with Crippen molar-refractivity contribution in [3.05, 3.63) is 59.7 Å². The highest BCUT2D eigenvalue weighted by Crippen LogP contribution is 2.19. The summed E-state index contributed by atoms with van der Waals surface area (Å²) in [7, 11) is 0. The molecule has 0 atom stereocenters. The van der Waals surface area contributed by atoms with Gasteiger partial charge in [-0.1, -0.05) is 36.4 Å². The normalized spacial score (nSPS) is 11.0. The van der Waals surface area contributed by atoms with E-state index in [-0.39, 0.29) is 0 Å². The maximum absolute atomic E-state index is 6.02. The van der Waals surface area contributed by atoms with Gasteiger partial charge < -0.3 is 10.3 Å². The number of imidazole rings is 1. The van der Waals surface area contributed by atoms with Crippen LogP contribution in [-0.4, -0.2) is 9.55 Å². The van der Waals surface area contributed by atoms with Gasteiger partial charge in [-0.3, -0.25) is 0 Å². The zero-order valence-electron chi connectivity index (χ0n) is 11.0. The van der Waals surface area contributed by atoms with Crippen molar-refractivity contribution in [3.8, 4) is 0 Å². The molecule has 0 spiro atoms. The number of nitrogen functional groups attached to an aromatic ring is 1. The van der Waals surface area contributed by atoms with Gasteiger partial charge in [0.05, 0.1) is 11.0 Å². The molecule has 1 heterocycles. The summed E-state index contributed by atoms with van der Waals surface area (Å²) in [6.45, 7) is 2.92. The third kappa shape index (κ3) is 2.32. The zero-order chi connectivity index (χ0) is 13.2. The van der Waals surface area contributed by atoms with E-state index in [0.717, 1.165) is 24.0 Å². The first kappa shape index (κ1) is 11.8. The van der Waals surface area contributed by atoms with Crippen molar-refractivity contribution in [2.75, 3.05) is 5.73 Å². The minimum Gasteiger partial charge on any atom is -0.369 e. The van der Waals surface area contributed by atoms with Gasteiger partial charge in [0.2, 0.25) is 5.95 Å². The molecule has 0 unspecified atom stereocenters. The van der Waals surface area contributed by atoms with Gasteiger partial charge in [-0.25, -0.2) is 4.98 Å². The van der Waals surface area contributed by atoms with Gasteiger partial charge in [0.1, 0.15) is 0 Å². The van der Waals surface area contributed by atoms with Crippen LogP contribution in [0.4, 0.5) is 5.95 Å². The molecule has 0 bridgehead atoms. The predicted octanol–water partition coefficient (Wildman–Crippen LogP) is 3.17. The molecule has 0 amide bonds. The molecule has 0 aliphatic rings. The monoisotopic (exact) mass is 251 g/mol. The summed E-state index contributed by atoms with van der Waals surface area (Å²) in [6.07, 6.45) is 0.963. The lowest BCUT2D eigenvalue weighted by Crippen LogP contribution is -2.05. The fourth-order valence-corrected chi connectivity index (χ4v) is 2.38. The molecule has 3 heteroatoms. The summed E-state index contributed by atoms with van der Waals surface area (Å²) in [5.74, 6) is 0.594. The first-order valence-electron chi connectivity index (χ1n) is 6.50. The second-order valence-corrected chi connectivity index (χ2v) is 4.85. The third-order valence-electron chi connectivity index (χ3n) is 3.40. The minimum atomic E-state index is 0.594. The number of rotatable bonds is 3. The van der Waals surface area contributed by atoms with Gasteiger partial charge in [0.25, 0.3) is 0 Å². The van der Waals surface area contributed by atoms with Crippen molar-refractivity contribution < 1.29 is 0 Å². The van der Waals surface area contributed by atoms with Gasteiger partial charge in [-0.2, -0.15) is 0 Å². The first-order chi connectivity index (χ1) is 9.24. The quantitative estimate of drug-likeness (QED) is 0.777. The van der Waals surface area contributed by atoms with Crippen molar-refractivity contribution >= 4 is 17.0 Å². The van der Waals surface area contributed by atoms with Crippen LogP contribution in [0.2, 0.25) is 0 Å². The van der Waals surface area contributed by atoms with Crippen molar-refractivity contribution in [2.45, 2.75) is 19.9 Å². The summed E-state index contributed by atoms with van der Waals surface area (Å²) in [5.41, 5.74) is 10.6. The molecule has 0 radical (unpaired) electrons. The lowest BCUT2D eigenvalue weighted by atomic mass is 10.1. The molecule has 3 nitrogen and oxygen atoms in total. The number of fused-ring (bicyclic) bond motifs is 1.